The Morgan fingerprint density at radius 1 is 1.28 bits per heavy atom. The van der Waals surface area contributed by atoms with Crippen molar-refractivity contribution in [2.24, 2.45) is 0 Å². The molecule has 2 rings (SSSR count). The number of nitrogens with zero attached hydrogens (tertiary/aromatic N) is 1. The third kappa shape index (κ3) is 3.60. The number of aliphatic hydroxyl groups excluding tert-OH is 1. The van der Waals surface area contributed by atoms with Crippen LogP contribution in [0, 0.1) is 0 Å². The maximum Gasteiger partial charge on any atom is 0.117 e. The van der Waals surface area contributed by atoms with Gasteiger partial charge in [0.1, 0.15) is 5.76 Å². The topological polar surface area (TPSA) is 36.6 Å². The fourth-order valence-electron chi connectivity index (χ4n) is 1.82. The van der Waals surface area contributed by atoms with Crippen molar-refractivity contribution < 1.29 is 9.52 Å². The Bertz CT molecular complexity index is 467. The predicted octanol–water partition coefficient (Wildman–Crippen LogP) is 3.10. The Morgan fingerprint density at radius 3 is 2.61 bits per heavy atom. The molecule has 0 aliphatic heterocycles. The zero-order valence-electron chi connectivity index (χ0n) is 10.2. The summed E-state index contributed by atoms with van der Waals surface area (Å²) in [6, 6.07) is 11.0. The van der Waals surface area contributed by atoms with Crippen LogP contribution in [-0.4, -0.2) is 23.6 Å². The average Bonchev–Trinajstić information content (AvgIpc) is 2.82. The molecule has 0 unspecified atom stereocenters. The van der Waals surface area contributed by atoms with Crippen molar-refractivity contribution in [1.82, 2.24) is 4.90 Å². The number of likely N-dealkylation sites (N-methyl/N-ethyl adjacent to an activating group) is 1. The van der Waals surface area contributed by atoms with Crippen LogP contribution in [0.1, 0.15) is 17.4 Å². The second-order valence-electron chi connectivity index (χ2n) is 4.34. The van der Waals surface area contributed by atoms with Crippen molar-refractivity contribution >= 4 is 11.6 Å². The molecule has 0 amide bonds. The average molecular weight is 266 g/mol. The second-order valence-corrected chi connectivity index (χ2v) is 4.78. The Balaban J connectivity index is 1.90. The summed E-state index contributed by atoms with van der Waals surface area (Å²) >= 11 is 5.81. The van der Waals surface area contributed by atoms with Crippen molar-refractivity contribution in [2.45, 2.75) is 12.6 Å². The lowest BCUT2D eigenvalue weighted by atomic mass is 10.1. The van der Waals surface area contributed by atoms with Gasteiger partial charge in [0.05, 0.1) is 18.9 Å². The Hall–Kier alpha value is -1.29. The molecule has 1 heterocycles. The molecule has 4 heteroatoms. The van der Waals surface area contributed by atoms with Crippen molar-refractivity contribution in [3.63, 3.8) is 0 Å². The van der Waals surface area contributed by atoms with E-state index in [4.69, 9.17) is 16.0 Å². The highest BCUT2D eigenvalue weighted by Crippen LogP contribution is 2.17. The lowest BCUT2D eigenvalue weighted by Crippen LogP contribution is -2.24. The Labute approximate surface area is 112 Å². The number of rotatable bonds is 5. The molecule has 0 bridgehead atoms. The molecule has 3 nitrogen and oxygen atoms in total. The van der Waals surface area contributed by atoms with Gasteiger partial charge in [0, 0.05) is 11.6 Å². The first-order valence-corrected chi connectivity index (χ1v) is 6.17. The Kier molecular flexibility index (Phi) is 4.42. The number of hydrogen-bond donors (Lipinski definition) is 1. The summed E-state index contributed by atoms with van der Waals surface area (Å²) in [4.78, 5) is 2.01. The van der Waals surface area contributed by atoms with E-state index in [-0.39, 0.29) is 0 Å². The fraction of sp³-hybridized carbons (Fsp3) is 0.286. The van der Waals surface area contributed by atoms with Gasteiger partial charge in [-0.15, -0.1) is 0 Å². The SMILES string of the molecule is CN(Cc1ccco1)C[C@H](O)c1ccc(Cl)cc1. The molecule has 0 aliphatic rings. The van der Waals surface area contributed by atoms with Crippen LogP contribution in [0.5, 0.6) is 0 Å². The maximum absolute atomic E-state index is 10.1. The minimum Gasteiger partial charge on any atom is -0.468 e. The van der Waals surface area contributed by atoms with Gasteiger partial charge in [0.25, 0.3) is 0 Å². The van der Waals surface area contributed by atoms with E-state index in [9.17, 15) is 5.11 Å². The van der Waals surface area contributed by atoms with Gasteiger partial charge < -0.3 is 9.52 Å². The minimum absolute atomic E-state index is 0.526. The van der Waals surface area contributed by atoms with Crippen LogP contribution >= 0.6 is 11.6 Å². The number of benzene rings is 1. The van der Waals surface area contributed by atoms with Gasteiger partial charge >= 0.3 is 0 Å². The molecule has 0 radical (unpaired) electrons. The first kappa shape index (κ1) is 13.1. The van der Waals surface area contributed by atoms with Crippen molar-refractivity contribution in [3.05, 3.63) is 59.0 Å². The third-order valence-electron chi connectivity index (χ3n) is 2.75. The summed E-state index contributed by atoms with van der Waals surface area (Å²) in [5, 5.41) is 10.8. The first-order chi connectivity index (χ1) is 8.65. The van der Waals surface area contributed by atoms with Gasteiger partial charge in [-0.1, -0.05) is 23.7 Å². The van der Waals surface area contributed by atoms with E-state index < -0.39 is 6.10 Å². The summed E-state index contributed by atoms with van der Waals surface area (Å²) in [5.41, 5.74) is 0.866. The fourth-order valence-corrected chi connectivity index (χ4v) is 1.94. The predicted molar refractivity (Wildman–Crippen MR) is 71.5 cm³/mol. The summed E-state index contributed by atoms with van der Waals surface area (Å²) in [7, 11) is 1.95. The van der Waals surface area contributed by atoms with Crippen LogP contribution in [0.25, 0.3) is 0 Å². The first-order valence-electron chi connectivity index (χ1n) is 5.79. The van der Waals surface area contributed by atoms with Crippen LogP contribution in [0.2, 0.25) is 5.02 Å². The highest BCUT2D eigenvalue weighted by atomic mass is 35.5. The molecule has 0 fully saturated rings. The van der Waals surface area contributed by atoms with Gasteiger partial charge in [-0.3, -0.25) is 4.90 Å². The molecule has 0 aliphatic carbocycles. The molecule has 1 atom stereocenters. The number of furan rings is 1. The number of aliphatic hydroxyl groups is 1. The van der Waals surface area contributed by atoms with Gasteiger partial charge in [0.2, 0.25) is 0 Å². The quantitative estimate of drug-likeness (QED) is 0.903. The van der Waals surface area contributed by atoms with Crippen molar-refractivity contribution in [3.8, 4) is 0 Å². The molecular formula is C14H16ClNO2. The molecule has 0 saturated heterocycles. The largest absolute Gasteiger partial charge is 0.468 e. The van der Waals surface area contributed by atoms with E-state index in [0.717, 1.165) is 11.3 Å². The van der Waals surface area contributed by atoms with Crippen LogP contribution in [0.15, 0.2) is 47.1 Å². The van der Waals surface area contributed by atoms with Crippen LogP contribution in [-0.2, 0) is 6.54 Å². The zero-order valence-corrected chi connectivity index (χ0v) is 11.0. The van der Waals surface area contributed by atoms with Gasteiger partial charge in [-0.25, -0.2) is 0 Å². The van der Waals surface area contributed by atoms with E-state index in [1.807, 2.05) is 36.2 Å². The van der Waals surface area contributed by atoms with Crippen LogP contribution in [0.4, 0.5) is 0 Å². The molecule has 1 N–H and O–H groups in total. The smallest absolute Gasteiger partial charge is 0.117 e. The molecule has 0 saturated carbocycles. The van der Waals surface area contributed by atoms with Crippen LogP contribution in [0.3, 0.4) is 0 Å². The van der Waals surface area contributed by atoms with Crippen molar-refractivity contribution in [2.75, 3.05) is 13.6 Å². The molecule has 18 heavy (non-hydrogen) atoms. The van der Waals surface area contributed by atoms with E-state index in [1.165, 1.54) is 0 Å². The monoisotopic (exact) mass is 265 g/mol. The minimum atomic E-state index is -0.526. The van der Waals surface area contributed by atoms with E-state index in [1.54, 1.807) is 18.4 Å². The van der Waals surface area contributed by atoms with Gasteiger partial charge in [-0.2, -0.15) is 0 Å². The van der Waals surface area contributed by atoms with Gasteiger partial charge in [0.15, 0.2) is 0 Å². The van der Waals surface area contributed by atoms with Crippen LogP contribution < -0.4 is 0 Å². The van der Waals surface area contributed by atoms with E-state index >= 15 is 0 Å². The Morgan fingerprint density at radius 2 is 2.00 bits per heavy atom. The lowest BCUT2D eigenvalue weighted by molar-refractivity contribution is 0.120. The number of halogens is 1. The summed E-state index contributed by atoms with van der Waals surface area (Å²) < 4.78 is 5.27. The highest BCUT2D eigenvalue weighted by molar-refractivity contribution is 6.30. The summed E-state index contributed by atoms with van der Waals surface area (Å²) in [6.45, 7) is 1.22. The number of hydrogen-bond acceptors (Lipinski definition) is 3. The molecule has 96 valence electrons. The lowest BCUT2D eigenvalue weighted by Gasteiger charge is -2.19. The highest BCUT2D eigenvalue weighted by Gasteiger charge is 2.11. The van der Waals surface area contributed by atoms with Crippen molar-refractivity contribution in [1.29, 1.82) is 0 Å². The molecular weight excluding hydrogens is 250 g/mol. The molecule has 2 aromatic rings. The van der Waals surface area contributed by atoms with E-state index in [0.29, 0.717) is 18.1 Å². The molecule has 1 aromatic carbocycles. The second kappa shape index (κ2) is 6.05. The maximum atomic E-state index is 10.1. The third-order valence-corrected chi connectivity index (χ3v) is 3.00. The normalized spacial score (nSPS) is 12.9. The summed E-state index contributed by atoms with van der Waals surface area (Å²) in [6.07, 6.45) is 1.13. The van der Waals surface area contributed by atoms with E-state index in [2.05, 4.69) is 0 Å². The standard InChI is InChI=1S/C14H16ClNO2/c1-16(9-13-3-2-8-18-13)10-14(17)11-4-6-12(15)7-5-11/h2-8,14,17H,9-10H2,1H3/t14-/m0/s1. The molecule has 1 aromatic heterocycles. The zero-order chi connectivity index (χ0) is 13.0. The molecule has 0 spiro atoms. The van der Waals surface area contributed by atoms with Gasteiger partial charge in [-0.05, 0) is 36.9 Å². The summed E-state index contributed by atoms with van der Waals surface area (Å²) in [5.74, 6) is 0.890.